The fourth-order valence-electron chi connectivity index (χ4n) is 2.22. The van der Waals surface area contributed by atoms with Crippen molar-refractivity contribution >= 4 is 57.2 Å². The van der Waals surface area contributed by atoms with Crippen LogP contribution in [0.5, 0.6) is 0 Å². The van der Waals surface area contributed by atoms with E-state index in [1.54, 1.807) is 18.4 Å². The summed E-state index contributed by atoms with van der Waals surface area (Å²) < 4.78 is 1.10. The average molecular weight is 523 g/mol. The Balaban J connectivity index is 0.00000288. The number of benzene rings is 1. The molecular formula is C17H24BrIN4S. The minimum absolute atomic E-state index is 0. The van der Waals surface area contributed by atoms with Crippen LogP contribution in [0.25, 0.3) is 0 Å². The van der Waals surface area contributed by atoms with Crippen LogP contribution in [0.4, 0.5) is 0 Å². The van der Waals surface area contributed by atoms with Crippen molar-refractivity contribution in [2.75, 3.05) is 13.6 Å². The lowest BCUT2D eigenvalue weighted by Gasteiger charge is -2.19. The van der Waals surface area contributed by atoms with Crippen LogP contribution in [-0.4, -0.2) is 24.5 Å². The maximum atomic E-state index is 4.44. The smallest absolute Gasteiger partial charge is 0.191 e. The van der Waals surface area contributed by atoms with Gasteiger partial charge in [0.05, 0.1) is 11.0 Å². The van der Waals surface area contributed by atoms with Gasteiger partial charge in [-0.2, -0.15) is 0 Å². The Bertz CT molecular complexity index is 660. The monoisotopic (exact) mass is 522 g/mol. The van der Waals surface area contributed by atoms with E-state index in [1.807, 2.05) is 18.3 Å². The van der Waals surface area contributed by atoms with E-state index < -0.39 is 0 Å². The van der Waals surface area contributed by atoms with Crippen molar-refractivity contribution in [3.8, 4) is 0 Å². The maximum Gasteiger partial charge on any atom is 0.191 e. The third kappa shape index (κ3) is 6.33. The van der Waals surface area contributed by atoms with Crippen molar-refractivity contribution in [2.45, 2.75) is 32.7 Å². The molecule has 1 heterocycles. The Hall–Kier alpha value is -0.670. The highest BCUT2D eigenvalue weighted by Gasteiger charge is 2.10. The number of aromatic nitrogens is 1. The van der Waals surface area contributed by atoms with Crippen molar-refractivity contribution in [3.05, 3.63) is 50.4 Å². The quantitative estimate of drug-likeness (QED) is 0.332. The van der Waals surface area contributed by atoms with Crippen LogP contribution in [-0.2, 0) is 12.8 Å². The van der Waals surface area contributed by atoms with E-state index in [0.29, 0.717) is 0 Å². The molecule has 4 nitrogen and oxygen atoms in total. The first-order valence-corrected chi connectivity index (χ1v) is 9.40. The van der Waals surface area contributed by atoms with Crippen LogP contribution in [0.15, 0.2) is 39.9 Å². The molecule has 2 rings (SSSR count). The first-order chi connectivity index (χ1) is 11.1. The van der Waals surface area contributed by atoms with Gasteiger partial charge in [0.1, 0.15) is 0 Å². The number of hydrogen-bond donors (Lipinski definition) is 2. The van der Waals surface area contributed by atoms with Gasteiger partial charge in [-0.05, 0) is 25.0 Å². The van der Waals surface area contributed by atoms with Gasteiger partial charge < -0.3 is 10.6 Å². The summed E-state index contributed by atoms with van der Waals surface area (Å²) in [5.41, 5.74) is 1.21. The lowest BCUT2D eigenvalue weighted by molar-refractivity contribution is 0.681. The molecule has 0 radical (unpaired) electrons. The van der Waals surface area contributed by atoms with E-state index in [-0.39, 0.29) is 30.0 Å². The van der Waals surface area contributed by atoms with Crippen LogP contribution in [0.1, 0.15) is 35.3 Å². The second-order valence-corrected chi connectivity index (χ2v) is 7.26. The molecule has 0 saturated carbocycles. The largest absolute Gasteiger partial charge is 0.356 e. The lowest BCUT2D eigenvalue weighted by Crippen LogP contribution is -2.39. The molecule has 0 saturated heterocycles. The highest BCUT2D eigenvalue weighted by atomic mass is 127. The Kier molecular flexibility index (Phi) is 9.84. The van der Waals surface area contributed by atoms with Crippen LogP contribution in [0.2, 0.25) is 0 Å². The molecule has 0 bridgehead atoms. The normalized spacial score (nSPS) is 12.4. The molecule has 7 heteroatoms. The molecule has 1 unspecified atom stereocenters. The zero-order valence-electron chi connectivity index (χ0n) is 14.2. The zero-order valence-corrected chi connectivity index (χ0v) is 18.9. The van der Waals surface area contributed by atoms with Crippen LogP contribution in [0.3, 0.4) is 0 Å². The third-order valence-corrected chi connectivity index (χ3v) is 5.45. The molecule has 132 valence electrons. The van der Waals surface area contributed by atoms with E-state index in [2.05, 4.69) is 62.5 Å². The van der Waals surface area contributed by atoms with Crippen molar-refractivity contribution < 1.29 is 0 Å². The number of aryl methyl sites for hydroxylation is 1. The van der Waals surface area contributed by atoms with Gasteiger partial charge >= 0.3 is 0 Å². The number of guanidine groups is 1. The summed E-state index contributed by atoms with van der Waals surface area (Å²) in [6, 6.07) is 8.39. The predicted octanol–water partition coefficient (Wildman–Crippen LogP) is 4.55. The average Bonchev–Trinajstić information content (AvgIpc) is 3.02. The molecule has 0 aliphatic carbocycles. The van der Waals surface area contributed by atoms with E-state index in [4.69, 9.17) is 0 Å². The van der Waals surface area contributed by atoms with Crippen molar-refractivity contribution in [2.24, 2.45) is 4.99 Å². The van der Waals surface area contributed by atoms with Crippen molar-refractivity contribution in [1.82, 2.24) is 15.6 Å². The number of halogens is 2. The van der Waals surface area contributed by atoms with Crippen LogP contribution < -0.4 is 10.6 Å². The van der Waals surface area contributed by atoms with Gasteiger partial charge in [0.2, 0.25) is 0 Å². The standard InChI is InChI=1S/C17H23BrN4S.HI/c1-4-13-11-21-16(23-13)9-10-20-17(19-3)22-12(2)14-7-5-6-8-15(14)18;/h5-8,11-12H,4,9-10H2,1-3H3,(H2,19,20,22);1H. The minimum Gasteiger partial charge on any atom is -0.356 e. The fraction of sp³-hybridized carbons (Fsp3) is 0.412. The molecule has 1 aromatic carbocycles. The molecular weight excluding hydrogens is 499 g/mol. The van der Waals surface area contributed by atoms with E-state index >= 15 is 0 Å². The zero-order chi connectivity index (χ0) is 16.7. The van der Waals surface area contributed by atoms with Gasteiger partial charge in [-0.3, -0.25) is 4.99 Å². The predicted molar refractivity (Wildman–Crippen MR) is 118 cm³/mol. The fourth-order valence-corrected chi connectivity index (χ4v) is 3.71. The minimum atomic E-state index is 0. The third-order valence-electron chi connectivity index (χ3n) is 3.53. The second kappa shape index (κ2) is 11.0. The van der Waals surface area contributed by atoms with Crippen LogP contribution in [0, 0.1) is 0 Å². The summed E-state index contributed by atoms with van der Waals surface area (Å²) in [5, 5.41) is 7.94. The maximum absolute atomic E-state index is 4.44. The van der Waals surface area contributed by atoms with Crippen molar-refractivity contribution in [3.63, 3.8) is 0 Å². The highest BCUT2D eigenvalue weighted by molar-refractivity contribution is 14.0. The summed E-state index contributed by atoms with van der Waals surface area (Å²) in [7, 11) is 1.79. The van der Waals surface area contributed by atoms with E-state index in [9.17, 15) is 0 Å². The molecule has 24 heavy (non-hydrogen) atoms. The Labute approximate surface area is 173 Å². The molecule has 0 aliphatic heterocycles. The second-order valence-electron chi connectivity index (χ2n) is 5.21. The van der Waals surface area contributed by atoms with Gasteiger partial charge in [-0.25, -0.2) is 4.98 Å². The molecule has 2 aromatic rings. The van der Waals surface area contributed by atoms with Crippen LogP contribution >= 0.6 is 51.2 Å². The Morgan fingerprint density at radius 1 is 1.38 bits per heavy atom. The summed E-state index contributed by atoms with van der Waals surface area (Å²) in [6.45, 7) is 5.10. The number of nitrogens with zero attached hydrogens (tertiary/aromatic N) is 2. The van der Waals surface area contributed by atoms with Crippen molar-refractivity contribution in [1.29, 1.82) is 0 Å². The molecule has 2 N–H and O–H groups in total. The molecule has 0 aliphatic rings. The highest BCUT2D eigenvalue weighted by Crippen LogP contribution is 2.22. The summed E-state index contributed by atoms with van der Waals surface area (Å²) in [6.07, 6.45) is 3.94. The topological polar surface area (TPSA) is 49.3 Å². The first kappa shape index (κ1) is 21.4. The van der Waals surface area contributed by atoms with E-state index in [1.165, 1.54) is 15.4 Å². The molecule has 1 aromatic heterocycles. The summed E-state index contributed by atoms with van der Waals surface area (Å²) in [5.74, 6) is 0.806. The number of rotatable bonds is 6. The summed E-state index contributed by atoms with van der Waals surface area (Å²) >= 11 is 5.38. The van der Waals surface area contributed by atoms with E-state index in [0.717, 1.165) is 29.8 Å². The number of thiazole rings is 1. The van der Waals surface area contributed by atoms with Gasteiger partial charge in [-0.15, -0.1) is 35.3 Å². The number of aliphatic imine (C=N–C) groups is 1. The summed E-state index contributed by atoms with van der Waals surface area (Å²) in [4.78, 5) is 10.1. The van der Waals surface area contributed by atoms with Gasteiger partial charge in [0, 0.05) is 35.6 Å². The molecule has 0 spiro atoms. The molecule has 1 atom stereocenters. The van der Waals surface area contributed by atoms with Gasteiger partial charge in [-0.1, -0.05) is 41.1 Å². The SMILES string of the molecule is CCc1cnc(CCNC(=NC)NC(C)c2ccccc2Br)s1.I. The number of hydrogen-bond acceptors (Lipinski definition) is 3. The Morgan fingerprint density at radius 3 is 2.75 bits per heavy atom. The van der Waals surface area contributed by atoms with Gasteiger partial charge in [0.25, 0.3) is 0 Å². The van der Waals surface area contributed by atoms with Gasteiger partial charge in [0.15, 0.2) is 5.96 Å². The number of nitrogens with one attached hydrogen (secondary N) is 2. The lowest BCUT2D eigenvalue weighted by atomic mass is 10.1. The molecule has 0 fully saturated rings. The Morgan fingerprint density at radius 2 is 2.12 bits per heavy atom. The molecule has 0 amide bonds. The first-order valence-electron chi connectivity index (χ1n) is 7.79.